The van der Waals surface area contributed by atoms with Gasteiger partial charge in [-0.1, -0.05) is 35.3 Å². The van der Waals surface area contributed by atoms with Crippen LogP contribution in [0.4, 0.5) is 5.69 Å². The first kappa shape index (κ1) is 18.0. The Balaban J connectivity index is 2.26. The average Bonchev–Trinajstić information content (AvgIpc) is 2.42. The second kappa shape index (κ2) is 6.66. The maximum atomic E-state index is 12.3. The summed E-state index contributed by atoms with van der Waals surface area (Å²) in [7, 11) is -7.57. The Morgan fingerprint density at radius 3 is 2.13 bits per heavy atom. The van der Waals surface area contributed by atoms with Crippen LogP contribution in [-0.4, -0.2) is 16.8 Å². The quantitative estimate of drug-likeness (QED) is 0.812. The Kier molecular flexibility index (Phi) is 5.22. The lowest BCUT2D eigenvalue weighted by atomic mass is 10.2. The van der Waals surface area contributed by atoms with E-state index in [1.807, 2.05) is 0 Å². The van der Waals surface area contributed by atoms with Gasteiger partial charge in [0.25, 0.3) is 10.0 Å². The van der Waals surface area contributed by atoms with Crippen molar-refractivity contribution in [2.45, 2.75) is 10.6 Å². The predicted octanol–water partition coefficient (Wildman–Crippen LogP) is 2.58. The number of hydrogen-bond donors (Lipinski definition) is 2. The van der Waals surface area contributed by atoms with E-state index in [2.05, 4.69) is 4.72 Å². The number of sulfonamides is 2. The van der Waals surface area contributed by atoms with E-state index >= 15 is 0 Å². The molecule has 0 saturated heterocycles. The summed E-state index contributed by atoms with van der Waals surface area (Å²) in [6.07, 6.45) is 0. The van der Waals surface area contributed by atoms with Gasteiger partial charge in [0.05, 0.1) is 10.8 Å². The van der Waals surface area contributed by atoms with E-state index < -0.39 is 20.0 Å². The summed E-state index contributed by atoms with van der Waals surface area (Å²) in [5.74, 6) is -0.333. The Hall–Kier alpha value is -1.32. The number of hydrogen-bond acceptors (Lipinski definition) is 4. The first-order valence-electron chi connectivity index (χ1n) is 6.14. The van der Waals surface area contributed by atoms with Gasteiger partial charge in [-0.05, 0) is 35.9 Å². The fourth-order valence-corrected chi connectivity index (χ4v) is 4.27. The van der Waals surface area contributed by atoms with Crippen LogP contribution in [0.25, 0.3) is 0 Å². The Bertz CT molecular complexity index is 927. The zero-order chi connectivity index (χ0) is 17.3. The van der Waals surface area contributed by atoms with Gasteiger partial charge < -0.3 is 0 Å². The molecular weight excluding hydrogens is 383 g/mol. The van der Waals surface area contributed by atoms with Crippen molar-refractivity contribution in [1.82, 2.24) is 0 Å². The number of benzene rings is 2. The number of primary sulfonamides is 1. The molecule has 10 heteroatoms. The lowest BCUT2D eigenvalue weighted by molar-refractivity contribution is 0.596. The van der Waals surface area contributed by atoms with Crippen molar-refractivity contribution >= 4 is 48.9 Å². The standard InChI is InChI=1S/C13H12Cl2N2O4S2/c14-10-3-6-12(15)13(7-10)23(20,21)17-11-4-1-9(2-5-11)8-22(16,18)19/h1-7,17H,8H2,(H2,16,18,19). The van der Waals surface area contributed by atoms with Gasteiger partial charge in [-0.15, -0.1) is 0 Å². The van der Waals surface area contributed by atoms with Crippen LogP contribution >= 0.6 is 23.2 Å². The lowest BCUT2D eigenvalue weighted by Crippen LogP contribution is -2.15. The van der Waals surface area contributed by atoms with E-state index in [9.17, 15) is 16.8 Å². The zero-order valence-corrected chi connectivity index (χ0v) is 14.7. The molecule has 6 nitrogen and oxygen atoms in total. The summed E-state index contributed by atoms with van der Waals surface area (Å²) >= 11 is 11.7. The second-order valence-corrected chi connectivity index (χ2v) is 8.79. The van der Waals surface area contributed by atoms with Crippen LogP contribution < -0.4 is 9.86 Å². The summed E-state index contributed by atoms with van der Waals surface area (Å²) in [5.41, 5.74) is 0.690. The van der Waals surface area contributed by atoms with Gasteiger partial charge in [-0.3, -0.25) is 4.72 Å². The van der Waals surface area contributed by atoms with Crippen LogP contribution in [0.5, 0.6) is 0 Å². The average molecular weight is 395 g/mol. The van der Waals surface area contributed by atoms with Crippen LogP contribution in [0, 0.1) is 0 Å². The van der Waals surface area contributed by atoms with Crippen LogP contribution in [-0.2, 0) is 25.8 Å². The SMILES string of the molecule is NS(=O)(=O)Cc1ccc(NS(=O)(=O)c2cc(Cl)ccc2Cl)cc1. The fraction of sp³-hybridized carbons (Fsp3) is 0.0769. The molecule has 0 aliphatic heterocycles. The highest BCUT2D eigenvalue weighted by Gasteiger charge is 2.18. The first-order chi connectivity index (χ1) is 10.6. The topological polar surface area (TPSA) is 106 Å². The molecule has 124 valence electrons. The molecule has 0 amide bonds. The Morgan fingerprint density at radius 2 is 1.57 bits per heavy atom. The molecule has 0 aromatic heterocycles. The highest BCUT2D eigenvalue weighted by atomic mass is 35.5. The van der Waals surface area contributed by atoms with Crippen molar-refractivity contribution in [1.29, 1.82) is 0 Å². The molecule has 0 unspecified atom stereocenters. The largest absolute Gasteiger partial charge is 0.280 e. The first-order valence-corrected chi connectivity index (χ1v) is 10.1. The van der Waals surface area contributed by atoms with Gasteiger partial charge in [0.1, 0.15) is 4.90 Å². The normalized spacial score (nSPS) is 12.1. The number of rotatable bonds is 5. The van der Waals surface area contributed by atoms with E-state index in [-0.39, 0.29) is 26.4 Å². The van der Waals surface area contributed by atoms with E-state index in [4.69, 9.17) is 28.3 Å². The van der Waals surface area contributed by atoms with Gasteiger partial charge in [0.15, 0.2) is 0 Å². The molecule has 0 aliphatic carbocycles. The van der Waals surface area contributed by atoms with Crippen LogP contribution in [0.3, 0.4) is 0 Å². The van der Waals surface area contributed by atoms with E-state index in [0.717, 1.165) is 0 Å². The third-order valence-corrected chi connectivity index (χ3v) is 5.59. The number of halogens is 2. The summed E-state index contributed by atoms with van der Waals surface area (Å²) in [4.78, 5) is -0.153. The molecule has 2 aromatic rings. The van der Waals surface area contributed by atoms with E-state index in [0.29, 0.717) is 5.56 Å². The fourth-order valence-electron chi connectivity index (χ4n) is 1.79. The smallest absolute Gasteiger partial charge is 0.263 e. The minimum Gasteiger partial charge on any atom is -0.280 e. The second-order valence-electron chi connectivity index (χ2n) is 4.68. The van der Waals surface area contributed by atoms with Gasteiger partial charge in [-0.25, -0.2) is 22.0 Å². The van der Waals surface area contributed by atoms with Crippen LogP contribution in [0.1, 0.15) is 5.56 Å². The summed E-state index contributed by atoms with van der Waals surface area (Å²) < 4.78 is 49.0. The van der Waals surface area contributed by atoms with Crippen LogP contribution in [0.2, 0.25) is 10.0 Å². The summed E-state index contributed by atoms with van der Waals surface area (Å²) in [6.45, 7) is 0. The van der Waals surface area contributed by atoms with Gasteiger partial charge in [0.2, 0.25) is 10.0 Å². The van der Waals surface area contributed by atoms with Gasteiger partial charge in [-0.2, -0.15) is 0 Å². The molecule has 0 fully saturated rings. The third-order valence-electron chi connectivity index (χ3n) is 2.76. The molecule has 0 radical (unpaired) electrons. The molecule has 0 heterocycles. The van der Waals surface area contributed by atoms with Crippen molar-refractivity contribution in [2.24, 2.45) is 5.14 Å². The van der Waals surface area contributed by atoms with Crippen LogP contribution in [0.15, 0.2) is 47.4 Å². The van der Waals surface area contributed by atoms with Crippen molar-refractivity contribution in [3.8, 4) is 0 Å². The summed E-state index contributed by atoms with van der Waals surface area (Å²) in [5, 5.41) is 5.22. The molecule has 2 aromatic carbocycles. The zero-order valence-electron chi connectivity index (χ0n) is 11.5. The molecule has 0 aliphatic rings. The van der Waals surface area contributed by atoms with Crippen molar-refractivity contribution in [3.05, 3.63) is 58.1 Å². The Labute approximate surface area is 144 Å². The number of nitrogens with two attached hydrogens (primary N) is 1. The molecular formula is C13H12Cl2N2O4S2. The minimum atomic E-state index is -3.92. The molecule has 0 atom stereocenters. The predicted molar refractivity (Wildman–Crippen MR) is 90.5 cm³/mol. The Morgan fingerprint density at radius 1 is 0.957 bits per heavy atom. The lowest BCUT2D eigenvalue weighted by Gasteiger charge is -2.10. The summed E-state index contributed by atoms with van der Waals surface area (Å²) in [6, 6.07) is 9.87. The number of nitrogens with one attached hydrogen (secondary N) is 1. The van der Waals surface area contributed by atoms with E-state index in [1.54, 1.807) is 0 Å². The maximum absolute atomic E-state index is 12.3. The highest BCUT2D eigenvalue weighted by Crippen LogP contribution is 2.27. The molecule has 0 bridgehead atoms. The molecule has 3 N–H and O–H groups in total. The molecule has 2 rings (SSSR count). The van der Waals surface area contributed by atoms with Crippen molar-refractivity contribution in [3.63, 3.8) is 0 Å². The van der Waals surface area contributed by atoms with Gasteiger partial charge in [0, 0.05) is 10.7 Å². The maximum Gasteiger partial charge on any atom is 0.263 e. The number of anilines is 1. The monoisotopic (exact) mass is 394 g/mol. The molecule has 0 spiro atoms. The minimum absolute atomic E-state index is 0.0349. The van der Waals surface area contributed by atoms with Gasteiger partial charge >= 0.3 is 0 Å². The van der Waals surface area contributed by atoms with Crippen molar-refractivity contribution < 1.29 is 16.8 Å². The highest BCUT2D eigenvalue weighted by molar-refractivity contribution is 7.92. The molecule has 0 saturated carbocycles. The third kappa shape index (κ3) is 5.08. The van der Waals surface area contributed by atoms with E-state index in [1.165, 1.54) is 42.5 Å². The van der Waals surface area contributed by atoms with Crippen molar-refractivity contribution in [2.75, 3.05) is 4.72 Å². The molecule has 23 heavy (non-hydrogen) atoms.